The molecule has 0 aliphatic carbocycles. The zero-order chi connectivity index (χ0) is 14.3. The van der Waals surface area contributed by atoms with Gasteiger partial charge in [0.1, 0.15) is 11.4 Å². The van der Waals surface area contributed by atoms with Gasteiger partial charge >= 0.3 is 6.03 Å². The van der Waals surface area contributed by atoms with Gasteiger partial charge in [0.25, 0.3) is 0 Å². The molecule has 3 rings (SSSR count). The van der Waals surface area contributed by atoms with Crippen LogP contribution in [0.5, 0.6) is 5.75 Å². The fourth-order valence-corrected chi connectivity index (χ4v) is 3.01. The summed E-state index contributed by atoms with van der Waals surface area (Å²) in [5.41, 5.74) is 6.85. The molecule has 20 heavy (non-hydrogen) atoms. The zero-order valence-electron chi connectivity index (χ0n) is 11.2. The Balaban J connectivity index is 1.93. The Morgan fingerprint density at radius 3 is 2.95 bits per heavy atom. The molecule has 7 heteroatoms. The first-order chi connectivity index (χ1) is 9.60. The van der Waals surface area contributed by atoms with E-state index in [0.29, 0.717) is 23.6 Å². The molecular formula is C13H17N3O3S. The van der Waals surface area contributed by atoms with Crippen LogP contribution in [-0.4, -0.2) is 38.4 Å². The number of thiol groups is 1. The van der Waals surface area contributed by atoms with Gasteiger partial charge in [-0.05, 0) is 24.6 Å². The largest absolute Gasteiger partial charge is 0.495 e. The Kier molecular flexibility index (Phi) is 3.39. The third-order valence-corrected chi connectivity index (χ3v) is 4.24. The van der Waals surface area contributed by atoms with Gasteiger partial charge in [-0.1, -0.05) is 12.8 Å². The summed E-state index contributed by atoms with van der Waals surface area (Å²) in [5.74, 6) is 0.558. The minimum absolute atomic E-state index is 0.314. The lowest BCUT2D eigenvalue weighted by molar-refractivity contribution is 0.0991. The number of hydrogen-bond donors (Lipinski definition) is 2. The molecule has 2 saturated heterocycles. The molecule has 0 unspecified atom stereocenters. The van der Waals surface area contributed by atoms with Gasteiger partial charge in [-0.15, -0.1) is 0 Å². The van der Waals surface area contributed by atoms with Crippen molar-refractivity contribution in [1.29, 1.82) is 0 Å². The smallest absolute Gasteiger partial charge is 0.329 e. The maximum Gasteiger partial charge on any atom is 0.329 e. The van der Waals surface area contributed by atoms with Crippen LogP contribution in [0.25, 0.3) is 0 Å². The number of primary amides is 1. The van der Waals surface area contributed by atoms with Gasteiger partial charge in [0.2, 0.25) is 0 Å². The van der Waals surface area contributed by atoms with Crippen LogP contribution < -0.4 is 19.7 Å². The summed E-state index contributed by atoms with van der Waals surface area (Å²) in [7, 11) is 1.55. The van der Waals surface area contributed by atoms with Gasteiger partial charge in [0, 0.05) is 12.2 Å². The molecule has 2 heterocycles. The first-order valence-corrected chi connectivity index (χ1v) is 6.85. The van der Waals surface area contributed by atoms with Crippen LogP contribution in [0, 0.1) is 0 Å². The first kappa shape index (κ1) is 13.4. The number of amides is 2. The number of carbonyl (C=O) groups is 1. The Bertz CT molecular complexity index is 540. The van der Waals surface area contributed by atoms with Crippen molar-refractivity contribution in [2.45, 2.75) is 18.6 Å². The normalized spacial score (nSPS) is 24.0. The molecule has 0 saturated carbocycles. The molecule has 1 aromatic carbocycles. The lowest BCUT2D eigenvalue weighted by Crippen LogP contribution is -2.37. The highest BCUT2D eigenvalue weighted by atomic mass is 32.1. The van der Waals surface area contributed by atoms with Crippen LogP contribution in [-0.2, 0) is 4.74 Å². The predicted molar refractivity (Wildman–Crippen MR) is 79.5 cm³/mol. The van der Waals surface area contributed by atoms with Crippen molar-refractivity contribution in [1.82, 2.24) is 0 Å². The number of nitrogens with zero attached hydrogens (tertiary/aromatic N) is 2. The van der Waals surface area contributed by atoms with Gasteiger partial charge in [0.05, 0.1) is 25.9 Å². The third kappa shape index (κ3) is 2.16. The Morgan fingerprint density at radius 1 is 1.60 bits per heavy atom. The summed E-state index contributed by atoms with van der Waals surface area (Å²) in [6.45, 7) is 1.63. The van der Waals surface area contributed by atoms with E-state index in [-0.39, 0.29) is 0 Å². The van der Waals surface area contributed by atoms with Crippen molar-refractivity contribution < 1.29 is 14.3 Å². The Labute approximate surface area is 123 Å². The number of ether oxygens (including phenoxy) is 2. The second-order valence-electron chi connectivity index (χ2n) is 5.00. The van der Waals surface area contributed by atoms with E-state index in [0.717, 1.165) is 29.6 Å². The molecule has 2 fully saturated rings. The molecule has 6 nitrogen and oxygen atoms in total. The third-order valence-electron chi connectivity index (χ3n) is 3.83. The number of hydrogen-bond acceptors (Lipinski definition) is 5. The van der Waals surface area contributed by atoms with E-state index in [1.54, 1.807) is 7.11 Å². The van der Waals surface area contributed by atoms with E-state index in [9.17, 15) is 4.79 Å². The number of carbonyl (C=O) groups excluding carboxylic acids is 1. The van der Waals surface area contributed by atoms with Crippen LogP contribution in [0.15, 0.2) is 18.2 Å². The minimum Gasteiger partial charge on any atom is -0.495 e. The van der Waals surface area contributed by atoms with Crippen LogP contribution in [0.2, 0.25) is 0 Å². The quantitative estimate of drug-likeness (QED) is 0.827. The standard InChI is InChI=1S/C13H17N3O3S/c1-18-12-3-2-8(5-11(12)16(20)13(14)17)15-6-10-4-9(15)7-19-10/h2-3,5,9-10,20H,4,6-7H2,1H3,(H2,14,17)/t9-,10-/m0/s1. The first-order valence-electron chi connectivity index (χ1n) is 6.45. The molecule has 2 aliphatic rings. The average Bonchev–Trinajstić information content (AvgIpc) is 3.08. The molecule has 2 aliphatic heterocycles. The summed E-state index contributed by atoms with van der Waals surface area (Å²) in [4.78, 5) is 13.6. The number of rotatable bonds is 3. The second kappa shape index (κ2) is 5.06. The van der Waals surface area contributed by atoms with Crippen molar-refractivity contribution in [3.63, 3.8) is 0 Å². The Hall–Kier alpha value is -1.60. The van der Waals surface area contributed by atoms with E-state index in [2.05, 4.69) is 17.7 Å². The topological polar surface area (TPSA) is 68.0 Å². The van der Waals surface area contributed by atoms with Crippen LogP contribution in [0.1, 0.15) is 6.42 Å². The van der Waals surface area contributed by atoms with Crippen molar-refractivity contribution in [2.24, 2.45) is 5.73 Å². The fraction of sp³-hybridized carbons (Fsp3) is 0.462. The van der Waals surface area contributed by atoms with Crippen LogP contribution in [0.4, 0.5) is 16.2 Å². The monoisotopic (exact) mass is 295 g/mol. The zero-order valence-corrected chi connectivity index (χ0v) is 12.0. The average molecular weight is 295 g/mol. The number of nitrogens with two attached hydrogens (primary N) is 1. The van der Waals surface area contributed by atoms with Gasteiger partial charge in [-0.2, -0.15) is 0 Å². The van der Waals surface area contributed by atoms with E-state index in [1.807, 2.05) is 18.2 Å². The fourth-order valence-electron chi connectivity index (χ4n) is 2.86. The molecule has 0 spiro atoms. The van der Waals surface area contributed by atoms with Crippen molar-refractivity contribution in [3.05, 3.63) is 18.2 Å². The van der Waals surface area contributed by atoms with Crippen molar-refractivity contribution in [3.8, 4) is 5.75 Å². The molecule has 1 aromatic rings. The number of methoxy groups -OCH3 is 1. The number of anilines is 2. The van der Waals surface area contributed by atoms with Crippen molar-refractivity contribution >= 4 is 30.2 Å². The van der Waals surface area contributed by atoms with Gasteiger partial charge in [0.15, 0.2) is 0 Å². The minimum atomic E-state index is -0.643. The summed E-state index contributed by atoms with van der Waals surface area (Å²) >= 11 is 4.12. The highest BCUT2D eigenvalue weighted by Gasteiger charge is 2.39. The lowest BCUT2D eigenvalue weighted by atomic mass is 10.2. The summed E-state index contributed by atoms with van der Waals surface area (Å²) in [6, 6.07) is 5.44. The molecular weight excluding hydrogens is 278 g/mol. The van der Waals surface area contributed by atoms with Gasteiger partial charge in [-0.3, -0.25) is 0 Å². The molecule has 0 aromatic heterocycles. The van der Waals surface area contributed by atoms with Crippen LogP contribution in [0.3, 0.4) is 0 Å². The van der Waals surface area contributed by atoms with E-state index < -0.39 is 6.03 Å². The molecule has 2 atom stereocenters. The molecule has 2 amide bonds. The van der Waals surface area contributed by atoms with E-state index in [4.69, 9.17) is 15.2 Å². The SMILES string of the molecule is COc1ccc(N2C[C@@H]3C[C@H]2CO3)cc1N(S)C(N)=O. The second-order valence-corrected chi connectivity index (χ2v) is 5.40. The summed E-state index contributed by atoms with van der Waals surface area (Å²) < 4.78 is 11.9. The number of morpholine rings is 1. The van der Waals surface area contributed by atoms with Gasteiger partial charge in [-0.25, -0.2) is 9.10 Å². The lowest BCUT2D eigenvalue weighted by Gasteiger charge is -2.30. The Morgan fingerprint density at radius 2 is 2.40 bits per heavy atom. The van der Waals surface area contributed by atoms with E-state index in [1.165, 1.54) is 0 Å². The summed E-state index contributed by atoms with van der Waals surface area (Å²) in [5, 5.41) is 0. The highest BCUT2D eigenvalue weighted by Crippen LogP contribution is 2.38. The highest BCUT2D eigenvalue weighted by molar-refractivity contribution is 7.82. The van der Waals surface area contributed by atoms with Gasteiger partial charge < -0.3 is 20.1 Å². The molecule has 0 radical (unpaired) electrons. The molecule has 108 valence electrons. The number of benzene rings is 1. The number of fused-ring (bicyclic) bond motifs is 2. The molecule has 2 bridgehead atoms. The number of urea groups is 1. The predicted octanol–water partition coefficient (Wildman–Crippen LogP) is 1.40. The summed E-state index contributed by atoms with van der Waals surface area (Å²) in [6.07, 6.45) is 1.37. The molecule has 2 N–H and O–H groups in total. The van der Waals surface area contributed by atoms with Crippen molar-refractivity contribution in [2.75, 3.05) is 29.5 Å². The van der Waals surface area contributed by atoms with Crippen LogP contribution >= 0.6 is 12.8 Å². The maximum atomic E-state index is 11.3. The maximum absolute atomic E-state index is 11.3. The van der Waals surface area contributed by atoms with E-state index >= 15 is 0 Å².